The normalized spacial score (nSPS) is 18.2. The molecule has 2 saturated heterocycles. The zero-order chi connectivity index (χ0) is 20.9. The van der Waals surface area contributed by atoms with Crippen LogP contribution in [0.3, 0.4) is 0 Å². The van der Waals surface area contributed by atoms with Gasteiger partial charge in [-0.25, -0.2) is 0 Å². The van der Waals surface area contributed by atoms with Crippen molar-refractivity contribution < 1.29 is 14.1 Å². The van der Waals surface area contributed by atoms with Crippen molar-refractivity contribution in [3.63, 3.8) is 0 Å². The Morgan fingerprint density at radius 3 is 2.77 bits per heavy atom. The molecule has 2 fully saturated rings. The second-order valence-electron chi connectivity index (χ2n) is 8.15. The van der Waals surface area contributed by atoms with Crippen LogP contribution >= 0.6 is 0 Å². The Bertz CT molecular complexity index is 888. The molecule has 0 unspecified atom stereocenters. The van der Waals surface area contributed by atoms with E-state index in [-0.39, 0.29) is 17.7 Å². The van der Waals surface area contributed by atoms with Gasteiger partial charge in [0.25, 0.3) is 0 Å². The minimum absolute atomic E-state index is 0.0285. The number of carbonyl (C=O) groups is 2. The number of hydrogen-bond donors (Lipinski definition) is 1. The van der Waals surface area contributed by atoms with Crippen LogP contribution in [0.1, 0.15) is 37.1 Å². The summed E-state index contributed by atoms with van der Waals surface area (Å²) in [6, 6.07) is 7.99. The summed E-state index contributed by atoms with van der Waals surface area (Å²) in [6.45, 7) is 6.25. The molecule has 8 nitrogen and oxygen atoms in total. The number of hydrogen-bond acceptors (Lipinski definition) is 6. The highest BCUT2D eigenvalue weighted by Gasteiger charge is 2.26. The molecule has 160 valence electrons. The fourth-order valence-corrected chi connectivity index (χ4v) is 4.20. The lowest BCUT2D eigenvalue weighted by Gasteiger charge is -2.30. The highest BCUT2D eigenvalue weighted by molar-refractivity contribution is 5.79. The second-order valence-corrected chi connectivity index (χ2v) is 8.15. The Hall–Kier alpha value is -2.74. The summed E-state index contributed by atoms with van der Waals surface area (Å²) in [5.41, 5.74) is 2.10. The zero-order valence-electron chi connectivity index (χ0n) is 17.5. The van der Waals surface area contributed by atoms with Gasteiger partial charge in [-0.3, -0.25) is 14.5 Å². The van der Waals surface area contributed by atoms with E-state index in [0.717, 1.165) is 50.0 Å². The van der Waals surface area contributed by atoms with Crippen molar-refractivity contribution >= 4 is 11.8 Å². The zero-order valence-corrected chi connectivity index (χ0v) is 17.5. The number of aromatic nitrogens is 2. The lowest BCUT2D eigenvalue weighted by atomic mass is 9.96. The summed E-state index contributed by atoms with van der Waals surface area (Å²) in [5.74, 6) is 1.55. The Morgan fingerprint density at radius 2 is 2.03 bits per heavy atom. The van der Waals surface area contributed by atoms with Gasteiger partial charge in [0.1, 0.15) is 0 Å². The Morgan fingerprint density at radius 1 is 1.23 bits per heavy atom. The number of nitrogens with zero attached hydrogens (tertiary/aromatic N) is 4. The van der Waals surface area contributed by atoms with E-state index in [1.807, 2.05) is 36.1 Å². The highest BCUT2D eigenvalue weighted by atomic mass is 16.5. The predicted octanol–water partition coefficient (Wildman–Crippen LogP) is 2.00. The largest absolute Gasteiger partial charge is 0.354 e. The van der Waals surface area contributed by atoms with E-state index >= 15 is 0 Å². The molecule has 0 radical (unpaired) electrons. The number of likely N-dealkylation sites (tertiary alicyclic amines) is 2. The average molecular weight is 412 g/mol. The van der Waals surface area contributed by atoms with Crippen molar-refractivity contribution in [3.05, 3.63) is 35.7 Å². The fraction of sp³-hybridized carbons (Fsp3) is 0.545. The van der Waals surface area contributed by atoms with Crippen LogP contribution in [-0.2, 0) is 16.1 Å². The molecule has 4 rings (SSSR count). The lowest BCUT2D eigenvalue weighted by molar-refractivity contribution is -0.129. The number of nitrogens with one attached hydrogen (secondary N) is 1. The van der Waals surface area contributed by atoms with Gasteiger partial charge in [0.15, 0.2) is 0 Å². The number of amides is 2. The smallest absolute Gasteiger partial charge is 0.241 e. The summed E-state index contributed by atoms with van der Waals surface area (Å²) in [6.07, 6.45) is 3.19. The van der Waals surface area contributed by atoms with E-state index in [9.17, 15) is 9.59 Å². The third-order valence-electron chi connectivity index (χ3n) is 6.02. The molecule has 1 aromatic heterocycles. The van der Waals surface area contributed by atoms with Crippen LogP contribution in [0.5, 0.6) is 0 Å². The van der Waals surface area contributed by atoms with Crippen LogP contribution in [0.25, 0.3) is 11.4 Å². The minimum Gasteiger partial charge on any atom is -0.354 e. The van der Waals surface area contributed by atoms with E-state index in [2.05, 4.69) is 20.4 Å². The maximum Gasteiger partial charge on any atom is 0.241 e. The van der Waals surface area contributed by atoms with E-state index in [1.54, 1.807) is 0 Å². The molecule has 3 heterocycles. The lowest BCUT2D eigenvalue weighted by Crippen LogP contribution is -2.42. The molecule has 0 atom stereocenters. The van der Waals surface area contributed by atoms with Gasteiger partial charge >= 0.3 is 0 Å². The minimum atomic E-state index is 0.0285. The highest BCUT2D eigenvalue weighted by Crippen LogP contribution is 2.22. The summed E-state index contributed by atoms with van der Waals surface area (Å²) in [7, 11) is 0. The number of rotatable bonds is 7. The van der Waals surface area contributed by atoms with Gasteiger partial charge in [-0.2, -0.15) is 4.98 Å². The molecule has 2 aromatic rings. The molecule has 0 saturated carbocycles. The number of aryl methyl sites for hydroxylation is 1. The molecule has 1 aromatic carbocycles. The van der Waals surface area contributed by atoms with E-state index in [4.69, 9.17) is 4.52 Å². The number of piperidine rings is 1. The van der Waals surface area contributed by atoms with Gasteiger partial charge < -0.3 is 14.7 Å². The number of carbonyl (C=O) groups excluding carboxylic acids is 2. The van der Waals surface area contributed by atoms with E-state index in [0.29, 0.717) is 37.8 Å². The molecular formula is C22H29N5O3. The molecule has 2 aliphatic rings. The first-order valence-electron chi connectivity index (χ1n) is 10.8. The monoisotopic (exact) mass is 411 g/mol. The van der Waals surface area contributed by atoms with Gasteiger partial charge in [0.05, 0.1) is 6.54 Å². The fourth-order valence-electron chi connectivity index (χ4n) is 4.20. The van der Waals surface area contributed by atoms with Gasteiger partial charge in [0, 0.05) is 37.5 Å². The quantitative estimate of drug-likeness (QED) is 0.749. The third kappa shape index (κ3) is 4.87. The van der Waals surface area contributed by atoms with Crippen LogP contribution in [0.15, 0.2) is 28.8 Å². The first kappa shape index (κ1) is 20.5. The molecule has 2 aliphatic heterocycles. The van der Waals surface area contributed by atoms with Crippen molar-refractivity contribution in [2.45, 2.75) is 39.2 Å². The first-order chi connectivity index (χ1) is 14.6. The van der Waals surface area contributed by atoms with Gasteiger partial charge in [-0.15, -0.1) is 0 Å². The molecule has 0 aliphatic carbocycles. The average Bonchev–Trinajstić information content (AvgIpc) is 3.38. The third-order valence-corrected chi connectivity index (χ3v) is 6.02. The Kier molecular flexibility index (Phi) is 6.42. The summed E-state index contributed by atoms with van der Waals surface area (Å²) in [5, 5.41) is 7.12. The van der Waals surface area contributed by atoms with Gasteiger partial charge in [0.2, 0.25) is 23.5 Å². The molecular weight excluding hydrogens is 382 g/mol. The molecule has 30 heavy (non-hydrogen) atoms. The number of benzene rings is 1. The molecule has 0 bridgehead atoms. The maximum atomic E-state index is 12.4. The summed E-state index contributed by atoms with van der Waals surface area (Å²) in [4.78, 5) is 32.7. The van der Waals surface area contributed by atoms with Crippen LogP contribution in [0, 0.1) is 12.8 Å². The maximum absolute atomic E-state index is 12.4. The second kappa shape index (κ2) is 9.38. The van der Waals surface area contributed by atoms with Crippen molar-refractivity contribution in [2.24, 2.45) is 5.92 Å². The van der Waals surface area contributed by atoms with Crippen LogP contribution in [0.4, 0.5) is 0 Å². The first-order valence-corrected chi connectivity index (χ1v) is 10.8. The SMILES string of the molecule is Cc1ccccc1-c1noc(CN2CCC(C(=O)NCCN3CCCC3=O)CC2)n1. The van der Waals surface area contributed by atoms with Crippen molar-refractivity contribution in [1.29, 1.82) is 0 Å². The molecule has 0 spiro atoms. The Labute approximate surface area is 176 Å². The van der Waals surface area contributed by atoms with Gasteiger partial charge in [-0.05, 0) is 44.8 Å². The van der Waals surface area contributed by atoms with Crippen molar-refractivity contribution in [1.82, 2.24) is 25.3 Å². The van der Waals surface area contributed by atoms with Crippen LogP contribution < -0.4 is 5.32 Å². The van der Waals surface area contributed by atoms with Crippen molar-refractivity contribution in [2.75, 3.05) is 32.7 Å². The standard InChI is InChI=1S/C22H29N5O3/c1-16-5-2-3-6-18(16)21-24-19(30-25-21)15-26-12-8-17(9-13-26)22(29)23-10-14-27-11-4-7-20(27)28/h2-3,5-6,17H,4,7-15H2,1H3,(H,23,29). The summed E-state index contributed by atoms with van der Waals surface area (Å²) >= 11 is 0. The van der Waals surface area contributed by atoms with E-state index in [1.165, 1.54) is 0 Å². The topological polar surface area (TPSA) is 91.6 Å². The van der Waals surface area contributed by atoms with E-state index < -0.39 is 0 Å². The van der Waals surface area contributed by atoms with Crippen LogP contribution in [0.2, 0.25) is 0 Å². The van der Waals surface area contributed by atoms with Gasteiger partial charge in [-0.1, -0.05) is 29.4 Å². The predicted molar refractivity (Wildman–Crippen MR) is 111 cm³/mol. The van der Waals surface area contributed by atoms with Crippen molar-refractivity contribution in [3.8, 4) is 11.4 Å². The Balaban J connectivity index is 1.21. The molecule has 2 amide bonds. The van der Waals surface area contributed by atoms with Crippen LogP contribution in [-0.4, -0.2) is 64.5 Å². The molecule has 8 heteroatoms. The summed E-state index contributed by atoms with van der Waals surface area (Å²) < 4.78 is 5.45. The molecule has 1 N–H and O–H groups in total.